The molecule has 2 rings (SSSR count). The third-order valence-corrected chi connectivity index (χ3v) is 3.16. The molecule has 1 fully saturated rings. The van der Waals surface area contributed by atoms with E-state index in [0.29, 0.717) is 19.0 Å². The Labute approximate surface area is 104 Å². The van der Waals surface area contributed by atoms with Gasteiger partial charge in [-0.2, -0.15) is 0 Å². The van der Waals surface area contributed by atoms with Crippen molar-refractivity contribution in [3.63, 3.8) is 0 Å². The molecular formula is C13H14FNO3. The fourth-order valence-electron chi connectivity index (χ4n) is 2.11. The van der Waals surface area contributed by atoms with Gasteiger partial charge in [-0.1, -0.05) is 6.92 Å². The van der Waals surface area contributed by atoms with Gasteiger partial charge in [-0.05, 0) is 30.5 Å². The van der Waals surface area contributed by atoms with Crippen molar-refractivity contribution < 1.29 is 19.1 Å². The van der Waals surface area contributed by atoms with Crippen molar-refractivity contribution in [3.05, 3.63) is 35.1 Å². The van der Waals surface area contributed by atoms with Gasteiger partial charge in [0.25, 0.3) is 5.91 Å². The van der Waals surface area contributed by atoms with Crippen molar-refractivity contribution in [1.82, 2.24) is 4.90 Å². The van der Waals surface area contributed by atoms with Crippen molar-refractivity contribution in [1.29, 1.82) is 0 Å². The van der Waals surface area contributed by atoms with E-state index in [1.807, 2.05) is 6.92 Å². The molecule has 0 radical (unpaired) electrons. The van der Waals surface area contributed by atoms with E-state index in [9.17, 15) is 14.0 Å². The number of hydrogen-bond donors (Lipinski definition) is 1. The van der Waals surface area contributed by atoms with Gasteiger partial charge in [0, 0.05) is 13.1 Å². The zero-order chi connectivity index (χ0) is 13.3. The number of benzene rings is 1. The Morgan fingerprint density at radius 1 is 1.44 bits per heavy atom. The molecule has 0 saturated carbocycles. The van der Waals surface area contributed by atoms with E-state index >= 15 is 0 Å². The van der Waals surface area contributed by atoms with Crippen LogP contribution < -0.4 is 0 Å². The van der Waals surface area contributed by atoms with Crippen LogP contribution in [0.3, 0.4) is 0 Å². The van der Waals surface area contributed by atoms with Crippen molar-refractivity contribution in [2.75, 3.05) is 13.1 Å². The Kier molecular flexibility index (Phi) is 3.32. The number of carboxylic acids is 1. The molecule has 96 valence electrons. The second-order valence-electron chi connectivity index (χ2n) is 4.64. The second-order valence-corrected chi connectivity index (χ2v) is 4.64. The highest BCUT2D eigenvalue weighted by molar-refractivity contribution is 5.96. The summed E-state index contributed by atoms with van der Waals surface area (Å²) < 4.78 is 13.7. The summed E-state index contributed by atoms with van der Waals surface area (Å²) in [4.78, 5) is 24.3. The van der Waals surface area contributed by atoms with E-state index in [4.69, 9.17) is 5.11 Å². The quantitative estimate of drug-likeness (QED) is 0.874. The Balaban J connectivity index is 2.23. The molecule has 0 aliphatic carbocycles. The smallest absolute Gasteiger partial charge is 0.335 e. The van der Waals surface area contributed by atoms with Crippen LogP contribution in [0, 0.1) is 11.7 Å². The van der Waals surface area contributed by atoms with Crippen LogP contribution in [-0.4, -0.2) is 35.0 Å². The summed E-state index contributed by atoms with van der Waals surface area (Å²) in [6.45, 7) is 3.29. The first kappa shape index (κ1) is 12.5. The van der Waals surface area contributed by atoms with Crippen LogP contribution in [0.4, 0.5) is 4.39 Å². The monoisotopic (exact) mass is 251 g/mol. The predicted octanol–water partition coefficient (Wildman–Crippen LogP) is 2.01. The molecule has 1 amide bonds. The molecule has 1 heterocycles. The van der Waals surface area contributed by atoms with Gasteiger partial charge in [0.1, 0.15) is 5.82 Å². The number of amides is 1. The van der Waals surface area contributed by atoms with Crippen molar-refractivity contribution in [3.8, 4) is 0 Å². The summed E-state index contributed by atoms with van der Waals surface area (Å²) in [6.07, 6.45) is 0.917. The van der Waals surface area contributed by atoms with Gasteiger partial charge in [-0.25, -0.2) is 9.18 Å². The summed E-state index contributed by atoms with van der Waals surface area (Å²) >= 11 is 0. The standard InChI is InChI=1S/C13H14FNO3/c1-8-4-5-15(7-8)12(16)10-3-2-9(13(17)18)6-11(10)14/h2-3,6,8H,4-5,7H2,1H3,(H,17,18). The fraction of sp³-hybridized carbons (Fsp3) is 0.385. The molecule has 0 bridgehead atoms. The van der Waals surface area contributed by atoms with Crippen molar-refractivity contribution >= 4 is 11.9 Å². The summed E-state index contributed by atoms with van der Waals surface area (Å²) in [5, 5.41) is 8.72. The second kappa shape index (κ2) is 4.76. The summed E-state index contributed by atoms with van der Waals surface area (Å²) in [6, 6.07) is 3.37. The van der Waals surface area contributed by atoms with Crippen LogP contribution in [0.5, 0.6) is 0 Å². The Morgan fingerprint density at radius 3 is 2.67 bits per heavy atom. The minimum atomic E-state index is -1.21. The number of carbonyl (C=O) groups is 2. The number of aromatic carboxylic acids is 1. The Bertz CT molecular complexity index is 501. The van der Waals surface area contributed by atoms with E-state index in [1.165, 1.54) is 12.1 Å². The number of nitrogens with zero attached hydrogens (tertiary/aromatic N) is 1. The van der Waals surface area contributed by atoms with E-state index in [1.54, 1.807) is 4.90 Å². The molecule has 5 heteroatoms. The first-order valence-electron chi connectivity index (χ1n) is 5.81. The zero-order valence-corrected chi connectivity index (χ0v) is 10.0. The lowest BCUT2D eigenvalue weighted by Crippen LogP contribution is -2.29. The number of halogens is 1. The SMILES string of the molecule is CC1CCN(C(=O)c2ccc(C(=O)O)cc2F)C1. The highest BCUT2D eigenvalue weighted by Gasteiger charge is 2.26. The van der Waals surface area contributed by atoms with Crippen LogP contribution in [0.1, 0.15) is 34.1 Å². The largest absolute Gasteiger partial charge is 0.478 e. The summed E-state index contributed by atoms with van der Waals surface area (Å²) in [5.41, 5.74) is -0.215. The third-order valence-electron chi connectivity index (χ3n) is 3.16. The maximum Gasteiger partial charge on any atom is 0.335 e. The minimum Gasteiger partial charge on any atom is -0.478 e. The van der Waals surface area contributed by atoms with Gasteiger partial charge < -0.3 is 10.0 Å². The van der Waals surface area contributed by atoms with E-state index in [-0.39, 0.29) is 17.0 Å². The van der Waals surface area contributed by atoms with Gasteiger partial charge in [0.15, 0.2) is 0 Å². The third kappa shape index (κ3) is 2.34. The summed E-state index contributed by atoms with van der Waals surface area (Å²) in [7, 11) is 0. The lowest BCUT2D eigenvalue weighted by atomic mass is 10.1. The topological polar surface area (TPSA) is 57.6 Å². The normalized spacial score (nSPS) is 19.0. The maximum absolute atomic E-state index is 13.7. The van der Waals surface area contributed by atoms with Gasteiger partial charge in [0.2, 0.25) is 0 Å². The highest BCUT2D eigenvalue weighted by Crippen LogP contribution is 2.20. The molecule has 1 aromatic carbocycles. The number of hydrogen-bond acceptors (Lipinski definition) is 2. The lowest BCUT2D eigenvalue weighted by molar-refractivity contribution is 0.0694. The fourth-order valence-corrected chi connectivity index (χ4v) is 2.11. The van der Waals surface area contributed by atoms with Crippen LogP contribution in [-0.2, 0) is 0 Å². The van der Waals surface area contributed by atoms with Crippen LogP contribution in [0.15, 0.2) is 18.2 Å². The van der Waals surface area contributed by atoms with Crippen molar-refractivity contribution in [2.45, 2.75) is 13.3 Å². The predicted molar refractivity (Wildman–Crippen MR) is 63.0 cm³/mol. The molecule has 0 aromatic heterocycles. The van der Waals surface area contributed by atoms with Gasteiger partial charge >= 0.3 is 5.97 Å². The molecule has 1 unspecified atom stereocenters. The average Bonchev–Trinajstić information content (AvgIpc) is 2.74. The maximum atomic E-state index is 13.7. The van der Waals surface area contributed by atoms with Crippen LogP contribution >= 0.6 is 0 Å². The van der Waals surface area contributed by atoms with Gasteiger partial charge in [0.05, 0.1) is 11.1 Å². The van der Waals surface area contributed by atoms with Crippen LogP contribution in [0.2, 0.25) is 0 Å². The number of likely N-dealkylation sites (tertiary alicyclic amines) is 1. The minimum absolute atomic E-state index is 0.0610. The van der Waals surface area contributed by atoms with Crippen LogP contribution in [0.25, 0.3) is 0 Å². The molecule has 1 aliphatic rings. The molecule has 1 N–H and O–H groups in total. The molecule has 1 atom stereocenters. The Morgan fingerprint density at radius 2 is 2.17 bits per heavy atom. The molecule has 1 aromatic rings. The zero-order valence-electron chi connectivity index (χ0n) is 10.0. The average molecular weight is 251 g/mol. The number of rotatable bonds is 2. The lowest BCUT2D eigenvalue weighted by Gasteiger charge is -2.16. The number of carbonyl (C=O) groups excluding carboxylic acids is 1. The first-order valence-corrected chi connectivity index (χ1v) is 5.81. The summed E-state index contributed by atoms with van der Waals surface area (Å²) in [5.74, 6) is -1.92. The molecule has 0 spiro atoms. The van der Waals surface area contributed by atoms with Gasteiger partial charge in [-0.15, -0.1) is 0 Å². The Hall–Kier alpha value is -1.91. The van der Waals surface area contributed by atoms with Gasteiger partial charge in [-0.3, -0.25) is 4.79 Å². The molecule has 1 saturated heterocycles. The molecule has 1 aliphatic heterocycles. The first-order chi connectivity index (χ1) is 8.49. The molecule has 18 heavy (non-hydrogen) atoms. The van der Waals surface area contributed by atoms with E-state index < -0.39 is 11.8 Å². The van der Waals surface area contributed by atoms with Crippen molar-refractivity contribution in [2.24, 2.45) is 5.92 Å². The molecular weight excluding hydrogens is 237 g/mol. The van der Waals surface area contributed by atoms with E-state index in [2.05, 4.69) is 0 Å². The number of carboxylic acid groups (broad SMARTS) is 1. The molecule has 4 nitrogen and oxygen atoms in total. The van der Waals surface area contributed by atoms with E-state index in [0.717, 1.165) is 12.5 Å². The highest BCUT2D eigenvalue weighted by atomic mass is 19.1.